The first-order valence-electron chi connectivity index (χ1n) is 4.49. The molecule has 0 N–H and O–H groups in total. The lowest BCUT2D eigenvalue weighted by atomic mass is 10.0. The van der Waals surface area contributed by atoms with Crippen LogP contribution in [0.5, 0.6) is 0 Å². The second-order valence-corrected chi connectivity index (χ2v) is 4.18. The minimum atomic E-state index is -0.443. The zero-order valence-corrected chi connectivity index (χ0v) is 9.64. The molecule has 2 aromatic rings. The second-order valence-electron chi connectivity index (χ2n) is 3.32. The molecule has 0 bridgehead atoms. The summed E-state index contributed by atoms with van der Waals surface area (Å²) >= 11 is 3.33. The fourth-order valence-corrected chi connectivity index (χ4v) is 2.13. The standard InChI is InChI=1S/C12H8BrFO/c1-7(15)10-6-11(13)8-4-2-3-5-9(8)12(10)14/h2-6H,1H3. The highest BCUT2D eigenvalue weighted by Gasteiger charge is 2.13. The number of carbonyl (C=O) groups excluding carboxylic acids is 1. The fourth-order valence-electron chi connectivity index (χ4n) is 1.55. The number of rotatable bonds is 1. The van der Waals surface area contributed by atoms with Gasteiger partial charge in [-0.2, -0.15) is 0 Å². The van der Waals surface area contributed by atoms with Crippen LogP contribution in [0.3, 0.4) is 0 Å². The fraction of sp³-hybridized carbons (Fsp3) is 0.0833. The molecule has 0 saturated carbocycles. The lowest BCUT2D eigenvalue weighted by Gasteiger charge is -2.05. The topological polar surface area (TPSA) is 17.1 Å². The van der Waals surface area contributed by atoms with Crippen molar-refractivity contribution in [3.8, 4) is 0 Å². The summed E-state index contributed by atoms with van der Waals surface area (Å²) in [4.78, 5) is 11.2. The van der Waals surface area contributed by atoms with E-state index >= 15 is 0 Å². The molecule has 0 radical (unpaired) electrons. The van der Waals surface area contributed by atoms with E-state index in [4.69, 9.17) is 0 Å². The highest BCUT2D eigenvalue weighted by molar-refractivity contribution is 9.10. The summed E-state index contributed by atoms with van der Waals surface area (Å²) in [6.45, 7) is 1.36. The Hall–Kier alpha value is -1.22. The average Bonchev–Trinajstić information content (AvgIpc) is 2.23. The van der Waals surface area contributed by atoms with Crippen molar-refractivity contribution in [2.45, 2.75) is 6.92 Å². The quantitative estimate of drug-likeness (QED) is 0.715. The maximum absolute atomic E-state index is 13.9. The van der Waals surface area contributed by atoms with Crippen molar-refractivity contribution in [3.05, 3.63) is 46.2 Å². The van der Waals surface area contributed by atoms with Gasteiger partial charge >= 0.3 is 0 Å². The molecule has 15 heavy (non-hydrogen) atoms. The van der Waals surface area contributed by atoms with Gasteiger partial charge in [-0.3, -0.25) is 4.79 Å². The van der Waals surface area contributed by atoms with Crippen molar-refractivity contribution in [1.29, 1.82) is 0 Å². The average molecular weight is 267 g/mol. The molecule has 0 atom stereocenters. The van der Waals surface area contributed by atoms with Crippen molar-refractivity contribution in [3.63, 3.8) is 0 Å². The zero-order chi connectivity index (χ0) is 11.0. The number of hydrogen-bond acceptors (Lipinski definition) is 1. The Morgan fingerprint density at radius 1 is 1.27 bits per heavy atom. The smallest absolute Gasteiger partial charge is 0.162 e. The van der Waals surface area contributed by atoms with E-state index in [1.54, 1.807) is 12.1 Å². The first-order chi connectivity index (χ1) is 7.11. The number of benzene rings is 2. The Balaban J connectivity index is 2.90. The van der Waals surface area contributed by atoms with E-state index in [9.17, 15) is 9.18 Å². The molecule has 0 amide bonds. The molecular formula is C12H8BrFO. The van der Waals surface area contributed by atoms with E-state index in [-0.39, 0.29) is 11.3 Å². The van der Waals surface area contributed by atoms with Crippen LogP contribution >= 0.6 is 15.9 Å². The number of halogens is 2. The molecule has 0 fully saturated rings. The van der Waals surface area contributed by atoms with Crippen LogP contribution in [0.4, 0.5) is 4.39 Å². The SMILES string of the molecule is CC(=O)c1cc(Br)c2ccccc2c1F. The number of Topliss-reactive ketones (excluding diaryl/α,β-unsaturated/α-hetero) is 1. The highest BCUT2D eigenvalue weighted by atomic mass is 79.9. The van der Waals surface area contributed by atoms with Gasteiger partial charge in [0.25, 0.3) is 0 Å². The van der Waals surface area contributed by atoms with Gasteiger partial charge in [-0.25, -0.2) is 4.39 Å². The van der Waals surface area contributed by atoms with Gasteiger partial charge < -0.3 is 0 Å². The van der Waals surface area contributed by atoms with E-state index in [1.165, 1.54) is 13.0 Å². The van der Waals surface area contributed by atoms with E-state index in [0.717, 1.165) is 9.86 Å². The molecule has 1 nitrogen and oxygen atoms in total. The van der Waals surface area contributed by atoms with E-state index < -0.39 is 5.82 Å². The van der Waals surface area contributed by atoms with Gasteiger partial charge in [0.05, 0.1) is 5.56 Å². The van der Waals surface area contributed by atoms with Gasteiger partial charge in [-0.05, 0) is 18.4 Å². The van der Waals surface area contributed by atoms with Crippen LogP contribution in [0.2, 0.25) is 0 Å². The van der Waals surface area contributed by atoms with Crippen LogP contribution in [0.1, 0.15) is 17.3 Å². The number of hydrogen-bond donors (Lipinski definition) is 0. The van der Waals surface area contributed by atoms with Crippen LogP contribution in [-0.4, -0.2) is 5.78 Å². The lowest BCUT2D eigenvalue weighted by molar-refractivity contribution is 0.101. The van der Waals surface area contributed by atoms with Crippen LogP contribution in [0.25, 0.3) is 10.8 Å². The molecule has 0 spiro atoms. The Labute approximate surface area is 95.0 Å². The summed E-state index contributed by atoms with van der Waals surface area (Å²) in [7, 11) is 0. The minimum absolute atomic E-state index is 0.126. The minimum Gasteiger partial charge on any atom is -0.294 e. The van der Waals surface area contributed by atoms with Gasteiger partial charge in [0, 0.05) is 9.86 Å². The molecule has 2 aromatic carbocycles. The monoisotopic (exact) mass is 266 g/mol. The van der Waals surface area contributed by atoms with Crippen LogP contribution < -0.4 is 0 Å². The summed E-state index contributed by atoms with van der Waals surface area (Å²) in [5.41, 5.74) is 0.126. The highest BCUT2D eigenvalue weighted by Crippen LogP contribution is 2.28. The number of fused-ring (bicyclic) bond motifs is 1. The second kappa shape index (κ2) is 3.74. The molecule has 3 heteroatoms. The van der Waals surface area contributed by atoms with Crippen molar-refractivity contribution >= 4 is 32.5 Å². The van der Waals surface area contributed by atoms with Gasteiger partial charge in [-0.1, -0.05) is 40.2 Å². The molecule has 0 aliphatic heterocycles. The molecule has 0 aromatic heterocycles. The molecule has 0 heterocycles. The molecule has 76 valence electrons. The largest absolute Gasteiger partial charge is 0.294 e. The summed E-state index contributed by atoms with van der Waals surface area (Å²) in [6.07, 6.45) is 0. The Kier molecular flexibility index (Phi) is 2.57. The first-order valence-corrected chi connectivity index (χ1v) is 5.28. The van der Waals surface area contributed by atoms with Crippen molar-refractivity contribution in [2.75, 3.05) is 0 Å². The van der Waals surface area contributed by atoms with Gasteiger partial charge in [0.2, 0.25) is 0 Å². The Morgan fingerprint density at radius 3 is 2.47 bits per heavy atom. The number of ketones is 1. The molecular weight excluding hydrogens is 259 g/mol. The first kappa shape index (κ1) is 10.3. The lowest BCUT2D eigenvalue weighted by Crippen LogP contribution is -1.98. The van der Waals surface area contributed by atoms with Crippen molar-refractivity contribution in [2.24, 2.45) is 0 Å². The summed E-state index contributed by atoms with van der Waals surface area (Å²) in [6, 6.07) is 8.59. The number of carbonyl (C=O) groups is 1. The molecule has 0 aliphatic carbocycles. The Morgan fingerprint density at radius 2 is 1.87 bits per heavy atom. The maximum Gasteiger partial charge on any atom is 0.162 e. The van der Waals surface area contributed by atoms with E-state index in [1.807, 2.05) is 12.1 Å². The summed E-state index contributed by atoms with van der Waals surface area (Å²) in [5.74, 6) is -0.708. The van der Waals surface area contributed by atoms with Gasteiger partial charge in [0.15, 0.2) is 5.78 Å². The van der Waals surface area contributed by atoms with Gasteiger partial charge in [0.1, 0.15) is 5.82 Å². The molecule has 0 unspecified atom stereocenters. The van der Waals surface area contributed by atoms with E-state index in [2.05, 4.69) is 15.9 Å². The normalized spacial score (nSPS) is 10.6. The third-order valence-electron chi connectivity index (χ3n) is 2.31. The van der Waals surface area contributed by atoms with Crippen LogP contribution in [0.15, 0.2) is 34.8 Å². The van der Waals surface area contributed by atoms with Crippen molar-refractivity contribution in [1.82, 2.24) is 0 Å². The van der Waals surface area contributed by atoms with Crippen LogP contribution in [-0.2, 0) is 0 Å². The molecule has 0 aliphatic rings. The Bertz CT molecular complexity index is 549. The van der Waals surface area contributed by atoms with Gasteiger partial charge in [-0.15, -0.1) is 0 Å². The van der Waals surface area contributed by atoms with Crippen molar-refractivity contribution < 1.29 is 9.18 Å². The molecule has 0 saturated heterocycles. The predicted molar refractivity (Wildman–Crippen MR) is 61.6 cm³/mol. The summed E-state index contributed by atoms with van der Waals surface area (Å²) in [5, 5.41) is 1.25. The third-order valence-corrected chi connectivity index (χ3v) is 2.96. The summed E-state index contributed by atoms with van der Waals surface area (Å²) < 4.78 is 14.6. The molecule has 2 rings (SSSR count). The van der Waals surface area contributed by atoms with E-state index in [0.29, 0.717) is 5.39 Å². The van der Waals surface area contributed by atoms with Crippen LogP contribution in [0, 0.1) is 5.82 Å². The third kappa shape index (κ3) is 1.67. The predicted octanol–water partition coefficient (Wildman–Crippen LogP) is 3.94. The zero-order valence-electron chi connectivity index (χ0n) is 8.05. The maximum atomic E-state index is 13.9.